The van der Waals surface area contributed by atoms with Crippen LogP contribution < -0.4 is 10.1 Å². The summed E-state index contributed by atoms with van der Waals surface area (Å²) in [5.41, 5.74) is 2.05. The van der Waals surface area contributed by atoms with Gasteiger partial charge in [0, 0.05) is 23.6 Å². The Balaban J connectivity index is 2.24. The van der Waals surface area contributed by atoms with Crippen molar-refractivity contribution in [3.63, 3.8) is 0 Å². The zero-order chi connectivity index (χ0) is 13.8. The van der Waals surface area contributed by atoms with Gasteiger partial charge in [0.25, 0.3) is 0 Å². The van der Waals surface area contributed by atoms with Gasteiger partial charge in [-0.1, -0.05) is 6.58 Å². The van der Waals surface area contributed by atoms with E-state index < -0.39 is 0 Å². The van der Waals surface area contributed by atoms with Crippen LogP contribution in [0.5, 0.6) is 5.75 Å². The second-order valence-corrected chi connectivity index (χ2v) is 4.61. The van der Waals surface area contributed by atoms with Crippen LogP contribution in [0.4, 0.5) is 0 Å². The van der Waals surface area contributed by atoms with Gasteiger partial charge in [-0.05, 0) is 43.7 Å². The van der Waals surface area contributed by atoms with Gasteiger partial charge in [0.05, 0.1) is 6.10 Å². The number of hydrogen-bond donors (Lipinski definition) is 2. The van der Waals surface area contributed by atoms with Gasteiger partial charge in [-0.15, -0.1) is 0 Å². The summed E-state index contributed by atoms with van der Waals surface area (Å²) < 4.78 is 5.68. The van der Waals surface area contributed by atoms with Crippen molar-refractivity contribution in [2.24, 2.45) is 0 Å². The van der Waals surface area contributed by atoms with Gasteiger partial charge in [0.1, 0.15) is 5.75 Å². The molecule has 1 amide bonds. The van der Waals surface area contributed by atoms with E-state index in [4.69, 9.17) is 4.74 Å². The van der Waals surface area contributed by atoms with Gasteiger partial charge >= 0.3 is 0 Å². The molecular weight excluding hydrogens is 240 g/mol. The summed E-state index contributed by atoms with van der Waals surface area (Å²) in [5, 5.41) is 3.83. The van der Waals surface area contributed by atoms with Crippen LogP contribution in [0.1, 0.15) is 19.4 Å². The minimum atomic E-state index is -0.177. The van der Waals surface area contributed by atoms with Crippen molar-refractivity contribution in [1.29, 1.82) is 0 Å². The first-order chi connectivity index (χ1) is 9.10. The van der Waals surface area contributed by atoms with Crippen molar-refractivity contribution in [1.82, 2.24) is 10.3 Å². The number of aromatic nitrogens is 1. The van der Waals surface area contributed by atoms with Gasteiger partial charge < -0.3 is 15.0 Å². The second-order valence-electron chi connectivity index (χ2n) is 4.61. The molecule has 19 heavy (non-hydrogen) atoms. The van der Waals surface area contributed by atoms with Crippen LogP contribution >= 0.6 is 0 Å². The highest BCUT2D eigenvalue weighted by molar-refractivity contribution is 5.88. The van der Waals surface area contributed by atoms with E-state index in [9.17, 15) is 4.79 Å². The number of rotatable bonds is 5. The normalized spacial score (nSPS) is 10.7. The number of benzene rings is 1. The minimum Gasteiger partial charge on any atom is -0.491 e. The molecule has 1 aromatic heterocycles. The standard InChI is InChI=1S/C15H18N2O2/c1-4-15(18)17-9-11-8-16-14-6-5-12(7-13(11)14)19-10(2)3/h4-8,10,16H,1,9H2,2-3H3,(H,17,18). The Morgan fingerprint density at radius 1 is 1.53 bits per heavy atom. The highest BCUT2D eigenvalue weighted by atomic mass is 16.5. The molecule has 0 saturated carbocycles. The van der Waals surface area contributed by atoms with Crippen LogP contribution in [0, 0.1) is 0 Å². The van der Waals surface area contributed by atoms with Crippen molar-refractivity contribution in [3.05, 3.63) is 42.6 Å². The maximum Gasteiger partial charge on any atom is 0.243 e. The number of aromatic amines is 1. The van der Waals surface area contributed by atoms with E-state index in [0.717, 1.165) is 22.2 Å². The Kier molecular flexibility index (Phi) is 3.90. The molecular formula is C15H18N2O2. The summed E-state index contributed by atoms with van der Waals surface area (Å²) in [5.74, 6) is 0.655. The highest BCUT2D eigenvalue weighted by Gasteiger charge is 2.07. The Bertz CT molecular complexity index is 599. The summed E-state index contributed by atoms with van der Waals surface area (Å²) in [6, 6.07) is 5.90. The van der Waals surface area contributed by atoms with Crippen molar-refractivity contribution < 1.29 is 9.53 Å². The van der Waals surface area contributed by atoms with Crippen molar-refractivity contribution in [3.8, 4) is 5.75 Å². The Morgan fingerprint density at radius 3 is 3.00 bits per heavy atom. The molecule has 0 spiro atoms. The largest absolute Gasteiger partial charge is 0.491 e. The molecule has 1 aromatic carbocycles. The fourth-order valence-corrected chi connectivity index (χ4v) is 1.90. The van der Waals surface area contributed by atoms with Crippen LogP contribution in [0.2, 0.25) is 0 Å². The third-order valence-corrected chi connectivity index (χ3v) is 2.75. The zero-order valence-electron chi connectivity index (χ0n) is 11.2. The van der Waals surface area contributed by atoms with Crippen LogP contribution in [0.25, 0.3) is 10.9 Å². The fourth-order valence-electron chi connectivity index (χ4n) is 1.90. The van der Waals surface area contributed by atoms with Crippen molar-refractivity contribution in [2.45, 2.75) is 26.5 Å². The van der Waals surface area contributed by atoms with E-state index >= 15 is 0 Å². The van der Waals surface area contributed by atoms with Crippen molar-refractivity contribution >= 4 is 16.8 Å². The first kappa shape index (κ1) is 13.2. The Morgan fingerprint density at radius 2 is 2.32 bits per heavy atom. The van der Waals surface area contributed by atoms with E-state index in [0.29, 0.717) is 6.54 Å². The lowest BCUT2D eigenvalue weighted by Gasteiger charge is -2.09. The van der Waals surface area contributed by atoms with E-state index in [1.54, 1.807) is 0 Å². The lowest BCUT2D eigenvalue weighted by Crippen LogP contribution is -2.19. The predicted octanol–water partition coefficient (Wildman–Crippen LogP) is 2.76. The number of nitrogens with one attached hydrogen (secondary N) is 2. The summed E-state index contributed by atoms with van der Waals surface area (Å²) in [6.07, 6.45) is 3.30. The van der Waals surface area contributed by atoms with Gasteiger partial charge in [-0.3, -0.25) is 4.79 Å². The van der Waals surface area contributed by atoms with Crippen LogP contribution in [0.15, 0.2) is 37.1 Å². The van der Waals surface area contributed by atoms with E-state index in [1.807, 2.05) is 38.2 Å². The molecule has 0 radical (unpaired) electrons. The fraction of sp³-hybridized carbons (Fsp3) is 0.267. The lowest BCUT2D eigenvalue weighted by atomic mass is 10.1. The minimum absolute atomic E-state index is 0.139. The number of carbonyl (C=O) groups excluding carboxylic acids is 1. The van der Waals surface area contributed by atoms with Gasteiger partial charge in [0.2, 0.25) is 5.91 Å². The Hall–Kier alpha value is -2.23. The van der Waals surface area contributed by atoms with Crippen LogP contribution in [-0.4, -0.2) is 17.0 Å². The van der Waals surface area contributed by atoms with Crippen molar-refractivity contribution in [2.75, 3.05) is 0 Å². The average Bonchev–Trinajstić information content (AvgIpc) is 2.77. The molecule has 0 unspecified atom stereocenters. The average molecular weight is 258 g/mol. The molecule has 2 N–H and O–H groups in total. The molecule has 2 rings (SSSR count). The first-order valence-electron chi connectivity index (χ1n) is 6.27. The smallest absolute Gasteiger partial charge is 0.243 e. The third kappa shape index (κ3) is 3.16. The van der Waals surface area contributed by atoms with Crippen LogP contribution in [0.3, 0.4) is 0 Å². The van der Waals surface area contributed by atoms with E-state index in [-0.39, 0.29) is 12.0 Å². The summed E-state index contributed by atoms with van der Waals surface area (Å²) in [4.78, 5) is 14.4. The highest BCUT2D eigenvalue weighted by Crippen LogP contribution is 2.24. The molecule has 0 aliphatic carbocycles. The number of fused-ring (bicyclic) bond motifs is 1. The maximum atomic E-state index is 11.2. The number of hydrogen-bond acceptors (Lipinski definition) is 2. The molecule has 100 valence electrons. The van der Waals surface area contributed by atoms with E-state index in [2.05, 4.69) is 16.9 Å². The maximum absolute atomic E-state index is 11.2. The molecule has 4 nitrogen and oxygen atoms in total. The summed E-state index contributed by atoms with van der Waals surface area (Å²) in [6.45, 7) is 7.88. The SMILES string of the molecule is C=CC(=O)NCc1c[nH]c2ccc(OC(C)C)cc12. The Labute approximate surface area is 112 Å². The van der Waals surface area contributed by atoms with E-state index in [1.165, 1.54) is 6.08 Å². The van der Waals surface area contributed by atoms with Gasteiger partial charge in [-0.2, -0.15) is 0 Å². The molecule has 4 heteroatoms. The quantitative estimate of drug-likeness (QED) is 0.810. The first-order valence-corrected chi connectivity index (χ1v) is 6.27. The monoisotopic (exact) mass is 258 g/mol. The zero-order valence-corrected chi connectivity index (χ0v) is 11.2. The number of H-pyrrole nitrogens is 1. The molecule has 2 aromatic rings. The van der Waals surface area contributed by atoms with Gasteiger partial charge in [-0.25, -0.2) is 0 Å². The summed E-state index contributed by atoms with van der Waals surface area (Å²) in [7, 11) is 0. The lowest BCUT2D eigenvalue weighted by molar-refractivity contribution is -0.116. The molecule has 1 heterocycles. The summed E-state index contributed by atoms with van der Waals surface area (Å²) >= 11 is 0. The van der Waals surface area contributed by atoms with Crippen LogP contribution in [-0.2, 0) is 11.3 Å². The predicted molar refractivity (Wildman–Crippen MR) is 76.1 cm³/mol. The number of ether oxygens (including phenoxy) is 1. The number of carbonyl (C=O) groups is 1. The molecule has 0 bridgehead atoms. The molecule has 0 aliphatic rings. The molecule has 0 atom stereocenters. The van der Waals surface area contributed by atoms with Gasteiger partial charge in [0.15, 0.2) is 0 Å². The molecule has 0 aliphatic heterocycles. The topological polar surface area (TPSA) is 54.1 Å². The second kappa shape index (κ2) is 5.61. The number of amides is 1. The molecule has 0 fully saturated rings. The molecule has 0 saturated heterocycles. The third-order valence-electron chi connectivity index (χ3n) is 2.75.